The highest BCUT2D eigenvalue weighted by molar-refractivity contribution is 7.11. The van der Waals surface area contributed by atoms with Gasteiger partial charge >= 0.3 is 0 Å². The first-order valence-corrected chi connectivity index (χ1v) is 9.23. The second-order valence-electron chi connectivity index (χ2n) is 5.73. The summed E-state index contributed by atoms with van der Waals surface area (Å²) in [6.45, 7) is 0. The molecule has 0 amide bonds. The predicted molar refractivity (Wildman–Crippen MR) is 111 cm³/mol. The number of thiazole rings is 1. The normalized spacial score (nSPS) is 10.9. The molecule has 0 bridgehead atoms. The number of nitrogens with one attached hydrogen (secondary N) is 1. The number of hydrogen-bond donors (Lipinski definition) is 1. The van der Waals surface area contributed by atoms with Gasteiger partial charge in [-0.3, -0.25) is 10.1 Å². The number of nitriles is 1. The number of benzene rings is 2. The van der Waals surface area contributed by atoms with Crippen molar-refractivity contribution < 1.29 is 14.4 Å². The molecular formula is C20H16N4O4S. The Hall–Kier alpha value is -3.90. The van der Waals surface area contributed by atoms with E-state index < -0.39 is 4.92 Å². The number of nitro benzene ring substituents is 1. The van der Waals surface area contributed by atoms with E-state index in [1.165, 1.54) is 23.5 Å². The van der Waals surface area contributed by atoms with Crippen molar-refractivity contribution in [3.63, 3.8) is 0 Å². The second kappa shape index (κ2) is 8.86. The number of ether oxygens (including phenoxy) is 2. The highest BCUT2D eigenvalue weighted by Crippen LogP contribution is 2.31. The molecule has 146 valence electrons. The van der Waals surface area contributed by atoms with Gasteiger partial charge in [-0.1, -0.05) is 0 Å². The van der Waals surface area contributed by atoms with Crippen molar-refractivity contribution in [3.05, 3.63) is 69.2 Å². The Morgan fingerprint density at radius 1 is 1.21 bits per heavy atom. The molecule has 0 fully saturated rings. The number of methoxy groups -OCH3 is 2. The minimum Gasteiger partial charge on any atom is -0.493 e. The third kappa shape index (κ3) is 4.51. The van der Waals surface area contributed by atoms with Crippen LogP contribution in [0.5, 0.6) is 11.5 Å². The summed E-state index contributed by atoms with van der Waals surface area (Å²) in [4.78, 5) is 14.8. The Balaban J connectivity index is 1.80. The Bertz CT molecular complexity index is 1100. The van der Waals surface area contributed by atoms with Crippen LogP contribution in [0.2, 0.25) is 0 Å². The van der Waals surface area contributed by atoms with E-state index in [0.29, 0.717) is 27.8 Å². The van der Waals surface area contributed by atoms with E-state index in [2.05, 4.69) is 16.4 Å². The second-order valence-corrected chi connectivity index (χ2v) is 6.58. The van der Waals surface area contributed by atoms with Crippen LogP contribution < -0.4 is 14.8 Å². The molecule has 3 rings (SSSR count). The maximum absolute atomic E-state index is 10.8. The lowest BCUT2D eigenvalue weighted by molar-refractivity contribution is -0.384. The summed E-state index contributed by atoms with van der Waals surface area (Å²) in [6.07, 6.45) is 1.57. The van der Waals surface area contributed by atoms with E-state index in [9.17, 15) is 15.4 Å². The van der Waals surface area contributed by atoms with Crippen molar-refractivity contribution in [3.8, 4) is 28.8 Å². The fourth-order valence-electron chi connectivity index (χ4n) is 2.51. The third-order valence-electron chi connectivity index (χ3n) is 4.00. The van der Waals surface area contributed by atoms with Gasteiger partial charge in [-0.25, -0.2) is 4.98 Å². The number of nitro groups is 1. The van der Waals surface area contributed by atoms with Crippen molar-refractivity contribution in [2.45, 2.75) is 0 Å². The number of aromatic nitrogens is 1. The lowest BCUT2D eigenvalue weighted by Gasteiger charge is -2.09. The molecule has 0 aliphatic rings. The van der Waals surface area contributed by atoms with Crippen molar-refractivity contribution in [2.24, 2.45) is 0 Å². The molecule has 1 aromatic heterocycles. The highest BCUT2D eigenvalue weighted by atomic mass is 32.1. The SMILES string of the molecule is COc1ccc(N/C=C(\C#N)c2nc(-c3ccc([N+](=O)[O-])cc3)cs2)cc1OC. The summed E-state index contributed by atoms with van der Waals surface area (Å²) >= 11 is 1.32. The minimum absolute atomic E-state index is 0.0148. The molecule has 0 radical (unpaired) electrons. The molecule has 3 aromatic rings. The van der Waals surface area contributed by atoms with Crippen LogP contribution in [-0.2, 0) is 0 Å². The van der Waals surface area contributed by atoms with Gasteiger partial charge in [0.1, 0.15) is 16.6 Å². The molecule has 0 saturated heterocycles. The third-order valence-corrected chi connectivity index (χ3v) is 4.87. The predicted octanol–water partition coefficient (Wildman–Crippen LogP) is 4.71. The lowest BCUT2D eigenvalue weighted by Crippen LogP contribution is -1.94. The van der Waals surface area contributed by atoms with Gasteiger partial charge in [0.25, 0.3) is 5.69 Å². The van der Waals surface area contributed by atoms with E-state index in [1.54, 1.807) is 56.1 Å². The molecule has 0 aliphatic carbocycles. The van der Waals surface area contributed by atoms with Crippen LogP contribution in [0.15, 0.2) is 54.0 Å². The zero-order valence-corrected chi connectivity index (χ0v) is 16.4. The molecule has 0 aliphatic heterocycles. The summed E-state index contributed by atoms with van der Waals surface area (Å²) in [5.74, 6) is 1.18. The molecule has 0 spiro atoms. The van der Waals surface area contributed by atoms with Crippen molar-refractivity contribution in [2.75, 3.05) is 19.5 Å². The van der Waals surface area contributed by atoms with E-state index in [1.807, 2.05) is 0 Å². The maximum atomic E-state index is 10.8. The molecule has 2 aromatic carbocycles. The van der Waals surface area contributed by atoms with Gasteiger partial charge in [0, 0.05) is 41.0 Å². The Morgan fingerprint density at radius 2 is 1.93 bits per heavy atom. The van der Waals surface area contributed by atoms with Gasteiger partial charge in [0.2, 0.25) is 0 Å². The van der Waals surface area contributed by atoms with Gasteiger partial charge in [-0.2, -0.15) is 5.26 Å². The van der Waals surface area contributed by atoms with Crippen LogP contribution in [0.3, 0.4) is 0 Å². The quantitative estimate of drug-likeness (QED) is 0.342. The smallest absolute Gasteiger partial charge is 0.269 e. The van der Waals surface area contributed by atoms with E-state index >= 15 is 0 Å². The standard InChI is InChI=1S/C20H16N4O4S/c1-27-18-8-5-15(9-19(18)28-2)22-11-14(10-21)20-23-17(12-29-20)13-3-6-16(7-4-13)24(25)26/h3-9,11-12,22H,1-2H3/b14-11+. The van der Waals surface area contributed by atoms with Crippen molar-refractivity contribution in [1.82, 2.24) is 4.98 Å². The zero-order valence-electron chi connectivity index (χ0n) is 15.6. The zero-order chi connectivity index (χ0) is 20.8. The van der Waals surface area contributed by atoms with Crippen LogP contribution in [0.25, 0.3) is 16.8 Å². The average Bonchev–Trinajstić information content (AvgIpc) is 3.24. The number of nitrogens with zero attached hydrogens (tertiary/aromatic N) is 3. The number of allylic oxidation sites excluding steroid dienone is 1. The molecule has 1 heterocycles. The van der Waals surface area contributed by atoms with Gasteiger partial charge in [0.05, 0.1) is 24.8 Å². The Morgan fingerprint density at radius 3 is 2.55 bits per heavy atom. The lowest BCUT2D eigenvalue weighted by atomic mass is 10.1. The van der Waals surface area contributed by atoms with E-state index in [0.717, 1.165) is 11.3 Å². The largest absolute Gasteiger partial charge is 0.493 e. The topological polar surface area (TPSA) is 110 Å². The van der Waals surface area contributed by atoms with Crippen LogP contribution in [0, 0.1) is 21.4 Å². The first kappa shape index (κ1) is 19.9. The van der Waals surface area contributed by atoms with Gasteiger partial charge in [0.15, 0.2) is 11.5 Å². The highest BCUT2D eigenvalue weighted by Gasteiger charge is 2.11. The Kier molecular flexibility index (Phi) is 6.06. The molecular weight excluding hydrogens is 392 g/mol. The number of hydrogen-bond acceptors (Lipinski definition) is 8. The number of non-ortho nitro benzene ring substituents is 1. The first-order valence-electron chi connectivity index (χ1n) is 8.35. The van der Waals surface area contributed by atoms with Gasteiger partial charge in [-0.05, 0) is 24.3 Å². The van der Waals surface area contributed by atoms with Crippen LogP contribution in [-0.4, -0.2) is 24.1 Å². The molecule has 29 heavy (non-hydrogen) atoms. The maximum Gasteiger partial charge on any atom is 0.269 e. The number of rotatable bonds is 7. The van der Waals surface area contributed by atoms with Gasteiger partial charge in [-0.15, -0.1) is 11.3 Å². The molecule has 1 N–H and O–H groups in total. The van der Waals surface area contributed by atoms with E-state index in [-0.39, 0.29) is 5.69 Å². The Labute approximate surface area is 170 Å². The van der Waals surface area contributed by atoms with Crippen LogP contribution in [0.4, 0.5) is 11.4 Å². The molecule has 8 nitrogen and oxygen atoms in total. The summed E-state index contributed by atoms with van der Waals surface area (Å²) in [7, 11) is 3.11. The fourth-order valence-corrected chi connectivity index (χ4v) is 3.30. The monoisotopic (exact) mass is 408 g/mol. The summed E-state index contributed by atoms with van der Waals surface area (Å²) in [5, 5.41) is 25.7. The summed E-state index contributed by atoms with van der Waals surface area (Å²) < 4.78 is 10.5. The van der Waals surface area contributed by atoms with Crippen molar-refractivity contribution in [1.29, 1.82) is 5.26 Å². The fraction of sp³-hybridized carbons (Fsp3) is 0.100. The summed E-state index contributed by atoms with van der Waals surface area (Å²) in [5.41, 5.74) is 2.48. The minimum atomic E-state index is -0.452. The molecule has 0 unspecified atom stereocenters. The molecule has 0 saturated carbocycles. The van der Waals surface area contributed by atoms with Crippen LogP contribution in [0.1, 0.15) is 5.01 Å². The molecule has 0 atom stereocenters. The van der Waals surface area contributed by atoms with Crippen LogP contribution >= 0.6 is 11.3 Å². The number of anilines is 1. The van der Waals surface area contributed by atoms with Crippen molar-refractivity contribution >= 4 is 28.3 Å². The first-order chi connectivity index (χ1) is 14.0. The molecule has 9 heteroatoms. The van der Waals surface area contributed by atoms with Gasteiger partial charge < -0.3 is 14.8 Å². The average molecular weight is 408 g/mol. The van der Waals surface area contributed by atoms with E-state index in [4.69, 9.17) is 9.47 Å². The summed E-state index contributed by atoms with van der Waals surface area (Å²) in [6, 6.07) is 13.6.